The summed E-state index contributed by atoms with van der Waals surface area (Å²) >= 11 is 0. The lowest BCUT2D eigenvalue weighted by Gasteiger charge is -2.56. The highest BCUT2D eigenvalue weighted by atomic mass is 16.3. The number of hydrogen-bond acceptors (Lipinski definition) is 1. The van der Waals surface area contributed by atoms with Gasteiger partial charge in [-0.15, -0.1) is 0 Å². The van der Waals surface area contributed by atoms with Crippen LogP contribution >= 0.6 is 0 Å². The maximum absolute atomic E-state index is 10.3. The Kier molecular flexibility index (Phi) is 3.72. The van der Waals surface area contributed by atoms with Crippen LogP contribution in [0.4, 0.5) is 0 Å². The molecule has 8 atom stereocenters. The molecule has 0 saturated heterocycles. The summed E-state index contributed by atoms with van der Waals surface area (Å²) in [5.41, 5.74) is 2.30. The second-order valence-corrected chi connectivity index (χ2v) is 9.26. The number of fused-ring (bicyclic) bond motifs is 5. The summed E-state index contributed by atoms with van der Waals surface area (Å²) in [7, 11) is 0. The molecule has 0 aromatic carbocycles. The number of rotatable bonds is 0. The highest BCUT2D eigenvalue weighted by molar-refractivity contribution is 5.23. The van der Waals surface area contributed by atoms with Crippen molar-refractivity contribution in [2.45, 2.75) is 78.2 Å². The van der Waals surface area contributed by atoms with E-state index in [1.165, 1.54) is 44.9 Å². The summed E-state index contributed by atoms with van der Waals surface area (Å²) in [5, 5.41) is 10.3. The molecular formula is C21H34O. The fraction of sp³-hybridized carbons (Fsp3) is 0.905. The number of hydrogen-bond donors (Lipinski definition) is 1. The molecule has 4 rings (SSSR count). The van der Waals surface area contributed by atoms with Crippen molar-refractivity contribution < 1.29 is 5.11 Å². The van der Waals surface area contributed by atoms with Crippen LogP contribution < -0.4 is 0 Å². The summed E-state index contributed by atoms with van der Waals surface area (Å²) in [5.74, 6) is 5.21. The SMILES string of the molecule is C/C=C1/CC[C@H]2[C@@H]3CC[C@@H]4CC(O)[C@H](C)C[C@@H]4[C@H]3CC[C@]12C. The van der Waals surface area contributed by atoms with E-state index in [9.17, 15) is 5.11 Å². The summed E-state index contributed by atoms with van der Waals surface area (Å²) in [6.45, 7) is 7.12. The normalized spacial score (nSPS) is 56.4. The van der Waals surface area contributed by atoms with Crippen LogP contribution in [0.2, 0.25) is 0 Å². The third-order valence-corrected chi connectivity index (χ3v) is 8.56. The zero-order chi connectivity index (χ0) is 15.5. The topological polar surface area (TPSA) is 20.2 Å². The van der Waals surface area contributed by atoms with Crippen LogP contribution in [0.5, 0.6) is 0 Å². The predicted octanol–water partition coefficient (Wildman–Crippen LogP) is 5.19. The number of aliphatic hydroxyl groups is 1. The Morgan fingerprint density at radius 2 is 1.86 bits per heavy atom. The van der Waals surface area contributed by atoms with Crippen LogP contribution in [-0.4, -0.2) is 11.2 Å². The van der Waals surface area contributed by atoms with E-state index in [1.807, 2.05) is 0 Å². The first-order valence-electron chi connectivity index (χ1n) is 9.88. The van der Waals surface area contributed by atoms with E-state index in [0.717, 1.165) is 36.0 Å². The van der Waals surface area contributed by atoms with Crippen molar-refractivity contribution in [1.82, 2.24) is 0 Å². The molecule has 0 amide bonds. The maximum atomic E-state index is 10.3. The zero-order valence-electron chi connectivity index (χ0n) is 14.7. The van der Waals surface area contributed by atoms with Gasteiger partial charge in [0.15, 0.2) is 0 Å². The van der Waals surface area contributed by atoms with E-state index in [2.05, 4.69) is 26.8 Å². The van der Waals surface area contributed by atoms with Gasteiger partial charge in [-0.1, -0.05) is 25.5 Å². The van der Waals surface area contributed by atoms with Gasteiger partial charge in [-0.05, 0) is 99.2 Å². The molecule has 0 aromatic rings. The van der Waals surface area contributed by atoms with Gasteiger partial charge in [-0.2, -0.15) is 0 Å². The Bertz CT molecular complexity index is 467. The Morgan fingerprint density at radius 3 is 2.64 bits per heavy atom. The Hall–Kier alpha value is -0.300. The molecule has 0 heterocycles. The molecule has 0 bridgehead atoms. The van der Waals surface area contributed by atoms with Crippen LogP contribution in [0.25, 0.3) is 0 Å². The lowest BCUT2D eigenvalue weighted by atomic mass is 9.49. The quantitative estimate of drug-likeness (QED) is 0.610. The molecule has 124 valence electrons. The smallest absolute Gasteiger partial charge is 0.0568 e. The second-order valence-electron chi connectivity index (χ2n) is 9.26. The van der Waals surface area contributed by atoms with Crippen molar-refractivity contribution in [3.8, 4) is 0 Å². The second kappa shape index (κ2) is 5.36. The van der Waals surface area contributed by atoms with Crippen LogP contribution in [0.15, 0.2) is 11.6 Å². The first-order valence-corrected chi connectivity index (χ1v) is 9.88. The van der Waals surface area contributed by atoms with Gasteiger partial charge in [-0.3, -0.25) is 0 Å². The van der Waals surface area contributed by atoms with E-state index < -0.39 is 0 Å². The van der Waals surface area contributed by atoms with E-state index in [4.69, 9.17) is 0 Å². The minimum absolute atomic E-state index is 0.0206. The van der Waals surface area contributed by atoms with E-state index >= 15 is 0 Å². The average Bonchev–Trinajstić information content (AvgIpc) is 2.85. The van der Waals surface area contributed by atoms with Crippen molar-refractivity contribution in [2.24, 2.45) is 40.9 Å². The van der Waals surface area contributed by atoms with Crippen LogP contribution in [-0.2, 0) is 0 Å². The molecule has 4 fully saturated rings. The maximum Gasteiger partial charge on any atom is 0.0568 e. The van der Waals surface area contributed by atoms with Crippen LogP contribution in [0.1, 0.15) is 72.1 Å². The van der Waals surface area contributed by atoms with E-state index in [-0.39, 0.29) is 6.10 Å². The third kappa shape index (κ3) is 2.07. The average molecular weight is 303 g/mol. The van der Waals surface area contributed by atoms with Crippen molar-refractivity contribution in [3.63, 3.8) is 0 Å². The molecule has 0 radical (unpaired) electrons. The third-order valence-electron chi connectivity index (χ3n) is 8.56. The highest BCUT2D eigenvalue weighted by Gasteiger charge is 2.55. The molecular weight excluding hydrogens is 268 g/mol. The molecule has 0 spiro atoms. The molecule has 4 aliphatic carbocycles. The molecule has 0 aromatic heterocycles. The lowest BCUT2D eigenvalue weighted by Crippen LogP contribution is -2.49. The largest absolute Gasteiger partial charge is 0.393 e. The van der Waals surface area contributed by atoms with E-state index in [1.54, 1.807) is 5.57 Å². The molecule has 22 heavy (non-hydrogen) atoms. The summed E-state index contributed by atoms with van der Waals surface area (Å²) in [4.78, 5) is 0. The molecule has 1 unspecified atom stereocenters. The van der Waals surface area contributed by atoms with Crippen molar-refractivity contribution >= 4 is 0 Å². The van der Waals surface area contributed by atoms with Gasteiger partial charge in [0.05, 0.1) is 6.10 Å². The van der Waals surface area contributed by atoms with Crippen molar-refractivity contribution in [1.29, 1.82) is 0 Å². The Labute approximate surface area is 136 Å². The van der Waals surface area contributed by atoms with Gasteiger partial charge < -0.3 is 5.11 Å². The first-order chi connectivity index (χ1) is 10.5. The van der Waals surface area contributed by atoms with Crippen molar-refractivity contribution in [3.05, 3.63) is 11.6 Å². The van der Waals surface area contributed by atoms with E-state index in [0.29, 0.717) is 11.3 Å². The molecule has 1 heteroatoms. The van der Waals surface area contributed by atoms with Crippen molar-refractivity contribution in [2.75, 3.05) is 0 Å². The Balaban J connectivity index is 1.58. The van der Waals surface area contributed by atoms with Gasteiger partial charge in [0.25, 0.3) is 0 Å². The Morgan fingerprint density at radius 1 is 1.05 bits per heavy atom. The molecule has 0 aliphatic heterocycles. The first kappa shape index (κ1) is 15.2. The fourth-order valence-corrected chi connectivity index (χ4v) is 7.34. The van der Waals surface area contributed by atoms with Gasteiger partial charge in [-0.25, -0.2) is 0 Å². The molecule has 4 saturated carbocycles. The minimum atomic E-state index is -0.0206. The van der Waals surface area contributed by atoms with Gasteiger partial charge in [0.1, 0.15) is 0 Å². The number of allylic oxidation sites excluding steroid dienone is 2. The molecule has 1 N–H and O–H groups in total. The highest BCUT2D eigenvalue weighted by Crippen LogP contribution is 2.64. The fourth-order valence-electron chi connectivity index (χ4n) is 7.34. The minimum Gasteiger partial charge on any atom is -0.393 e. The van der Waals surface area contributed by atoms with Gasteiger partial charge >= 0.3 is 0 Å². The summed E-state index contributed by atoms with van der Waals surface area (Å²) in [6, 6.07) is 0. The van der Waals surface area contributed by atoms with Crippen LogP contribution in [0.3, 0.4) is 0 Å². The number of aliphatic hydroxyl groups excluding tert-OH is 1. The van der Waals surface area contributed by atoms with Crippen LogP contribution in [0, 0.1) is 40.9 Å². The summed E-state index contributed by atoms with van der Waals surface area (Å²) < 4.78 is 0. The molecule has 1 nitrogen and oxygen atoms in total. The lowest BCUT2D eigenvalue weighted by molar-refractivity contribution is -0.0776. The summed E-state index contributed by atoms with van der Waals surface area (Å²) in [6.07, 6.45) is 13.4. The standard InChI is InChI=1S/C21H34O/c1-4-15-6-8-19-17-7-5-14-12-20(22)13(2)11-18(14)16(17)9-10-21(15,19)3/h4,13-14,16-20,22H,5-12H2,1-3H3/b15-4-/t13-,14-,16+,17-,18+,19+,20?,21-/m1/s1. The van der Waals surface area contributed by atoms with Gasteiger partial charge in [0, 0.05) is 0 Å². The molecule has 4 aliphatic rings. The monoisotopic (exact) mass is 302 g/mol. The van der Waals surface area contributed by atoms with Gasteiger partial charge in [0.2, 0.25) is 0 Å². The zero-order valence-corrected chi connectivity index (χ0v) is 14.7. The predicted molar refractivity (Wildman–Crippen MR) is 91.4 cm³/mol.